The lowest BCUT2D eigenvalue weighted by Gasteiger charge is -2.09. The quantitative estimate of drug-likeness (QED) is 0.544. The number of fused-ring (bicyclic) bond motifs is 1. The molecule has 0 aliphatic heterocycles. The number of nitrogens with zero attached hydrogens (tertiary/aromatic N) is 3. The van der Waals surface area contributed by atoms with Crippen LogP contribution >= 0.6 is 0 Å². The molecule has 0 saturated heterocycles. The summed E-state index contributed by atoms with van der Waals surface area (Å²) in [7, 11) is 0. The number of esters is 1. The smallest absolute Gasteiger partial charge is 0.338 e. The maximum absolute atomic E-state index is 12.2. The number of benzene rings is 3. The highest BCUT2D eigenvalue weighted by Gasteiger charge is 2.12. The Morgan fingerprint density at radius 3 is 2.54 bits per heavy atom. The molecule has 1 aromatic heterocycles. The van der Waals surface area contributed by atoms with Crippen LogP contribution in [0.2, 0.25) is 0 Å². The highest BCUT2D eigenvalue weighted by molar-refractivity contribution is 6.03. The van der Waals surface area contributed by atoms with E-state index in [9.17, 15) is 9.59 Å². The minimum atomic E-state index is -0.571. The van der Waals surface area contributed by atoms with Crippen molar-refractivity contribution in [3.63, 3.8) is 0 Å². The third kappa shape index (κ3) is 3.73. The number of carbonyl (C=O) groups is 2. The number of rotatable bonds is 5. The first-order valence-electron chi connectivity index (χ1n) is 8.60. The van der Waals surface area contributed by atoms with Gasteiger partial charge in [-0.3, -0.25) is 4.79 Å². The summed E-state index contributed by atoms with van der Waals surface area (Å²) in [4.78, 5) is 28.2. The average molecular weight is 372 g/mol. The van der Waals surface area contributed by atoms with E-state index in [-0.39, 0.29) is 6.61 Å². The average Bonchev–Trinajstić information content (AvgIpc) is 3.27. The summed E-state index contributed by atoms with van der Waals surface area (Å²) in [6.07, 6.45) is 2.99. The molecule has 28 heavy (non-hydrogen) atoms. The van der Waals surface area contributed by atoms with Gasteiger partial charge in [-0.1, -0.05) is 36.4 Å². The Kier molecular flexibility index (Phi) is 4.79. The molecule has 0 saturated carbocycles. The Morgan fingerprint density at radius 2 is 1.75 bits per heavy atom. The molecule has 0 atom stereocenters. The van der Waals surface area contributed by atoms with Crippen LogP contribution in [0.15, 0.2) is 79.4 Å². The van der Waals surface area contributed by atoms with Crippen LogP contribution in [0.3, 0.4) is 0 Å². The summed E-state index contributed by atoms with van der Waals surface area (Å²) in [5, 5.41) is 8.75. The topological polar surface area (TPSA) is 86.1 Å². The van der Waals surface area contributed by atoms with Crippen LogP contribution < -0.4 is 5.32 Å². The van der Waals surface area contributed by atoms with Gasteiger partial charge in [-0.2, -0.15) is 5.10 Å². The molecule has 0 bridgehead atoms. The van der Waals surface area contributed by atoms with Gasteiger partial charge in [0.2, 0.25) is 0 Å². The van der Waals surface area contributed by atoms with E-state index in [1.54, 1.807) is 35.3 Å². The van der Waals surface area contributed by atoms with Gasteiger partial charge in [0, 0.05) is 11.1 Å². The minimum absolute atomic E-state index is 0.349. The number of nitrogens with one attached hydrogen (secondary N) is 1. The molecule has 7 nitrogen and oxygen atoms in total. The van der Waals surface area contributed by atoms with Gasteiger partial charge < -0.3 is 10.1 Å². The van der Waals surface area contributed by atoms with E-state index in [4.69, 9.17) is 4.74 Å². The van der Waals surface area contributed by atoms with E-state index < -0.39 is 11.9 Å². The van der Waals surface area contributed by atoms with Crippen molar-refractivity contribution in [2.75, 3.05) is 11.9 Å². The van der Waals surface area contributed by atoms with Crippen molar-refractivity contribution in [3.05, 3.63) is 84.9 Å². The highest BCUT2D eigenvalue weighted by atomic mass is 16.5. The molecule has 0 aliphatic rings. The maximum atomic E-state index is 12.2. The normalized spacial score (nSPS) is 10.6. The second-order valence-corrected chi connectivity index (χ2v) is 6.04. The Morgan fingerprint density at radius 1 is 0.964 bits per heavy atom. The number of ether oxygens (including phenoxy) is 1. The first-order valence-corrected chi connectivity index (χ1v) is 8.60. The van der Waals surface area contributed by atoms with Gasteiger partial charge >= 0.3 is 5.97 Å². The Bertz CT molecular complexity index is 1120. The van der Waals surface area contributed by atoms with Gasteiger partial charge in [0.1, 0.15) is 12.7 Å². The third-order valence-electron chi connectivity index (χ3n) is 4.18. The molecule has 0 unspecified atom stereocenters. The zero-order valence-electron chi connectivity index (χ0n) is 14.8. The van der Waals surface area contributed by atoms with Crippen LogP contribution in [-0.2, 0) is 9.53 Å². The summed E-state index contributed by atoms with van der Waals surface area (Å²) in [5.41, 5.74) is 1.79. The second-order valence-electron chi connectivity index (χ2n) is 6.04. The molecule has 3 aromatic carbocycles. The molecule has 0 aliphatic carbocycles. The van der Waals surface area contributed by atoms with Crippen LogP contribution in [0, 0.1) is 0 Å². The molecular weight excluding hydrogens is 356 g/mol. The van der Waals surface area contributed by atoms with Crippen molar-refractivity contribution in [3.8, 4) is 5.69 Å². The highest BCUT2D eigenvalue weighted by Crippen LogP contribution is 2.22. The largest absolute Gasteiger partial charge is 0.452 e. The van der Waals surface area contributed by atoms with Crippen molar-refractivity contribution in [1.29, 1.82) is 0 Å². The number of hydrogen-bond donors (Lipinski definition) is 1. The van der Waals surface area contributed by atoms with E-state index in [1.165, 1.54) is 6.33 Å². The van der Waals surface area contributed by atoms with Crippen LogP contribution in [0.4, 0.5) is 5.69 Å². The van der Waals surface area contributed by atoms with E-state index in [0.29, 0.717) is 11.3 Å². The Labute approximate surface area is 160 Å². The predicted octanol–water partition coefficient (Wildman–Crippen LogP) is 3.22. The predicted molar refractivity (Wildman–Crippen MR) is 104 cm³/mol. The molecular formula is C21H16N4O3. The lowest BCUT2D eigenvalue weighted by Crippen LogP contribution is -2.21. The van der Waals surface area contributed by atoms with Gasteiger partial charge in [-0.05, 0) is 35.7 Å². The van der Waals surface area contributed by atoms with Crippen molar-refractivity contribution in [2.24, 2.45) is 0 Å². The molecule has 1 amide bonds. The molecule has 4 rings (SSSR count). The fourth-order valence-electron chi connectivity index (χ4n) is 2.83. The van der Waals surface area contributed by atoms with Crippen LogP contribution in [0.5, 0.6) is 0 Å². The van der Waals surface area contributed by atoms with E-state index in [0.717, 1.165) is 16.5 Å². The Hall–Kier alpha value is -4.00. The van der Waals surface area contributed by atoms with E-state index >= 15 is 0 Å². The van der Waals surface area contributed by atoms with Gasteiger partial charge in [0.25, 0.3) is 5.91 Å². The number of aromatic nitrogens is 3. The number of amides is 1. The summed E-state index contributed by atoms with van der Waals surface area (Å²) in [6.45, 7) is -0.368. The first kappa shape index (κ1) is 17.4. The van der Waals surface area contributed by atoms with E-state index in [2.05, 4.69) is 15.4 Å². The van der Waals surface area contributed by atoms with Gasteiger partial charge in [-0.15, -0.1) is 0 Å². The number of carbonyl (C=O) groups excluding carboxylic acids is 2. The van der Waals surface area contributed by atoms with E-state index in [1.807, 2.05) is 42.5 Å². The number of hydrogen-bond acceptors (Lipinski definition) is 5. The molecule has 7 heteroatoms. The Balaban J connectivity index is 1.37. The summed E-state index contributed by atoms with van der Waals surface area (Å²) >= 11 is 0. The first-order chi connectivity index (χ1) is 13.7. The van der Waals surface area contributed by atoms with Crippen LogP contribution in [0.25, 0.3) is 16.5 Å². The number of anilines is 1. The van der Waals surface area contributed by atoms with Crippen molar-refractivity contribution >= 4 is 28.3 Å². The summed E-state index contributed by atoms with van der Waals surface area (Å²) < 4.78 is 6.70. The zero-order chi connectivity index (χ0) is 19.3. The zero-order valence-corrected chi connectivity index (χ0v) is 14.8. The lowest BCUT2D eigenvalue weighted by molar-refractivity contribution is -0.119. The third-order valence-corrected chi connectivity index (χ3v) is 4.18. The standard InChI is InChI=1S/C21H16N4O3/c26-20(24-19-7-3-5-15-4-1-2-6-18(15)19)12-28-21(27)16-8-10-17(11-9-16)25-14-22-13-23-25/h1-11,13-14H,12H2,(H,24,26). The SMILES string of the molecule is O=C(COC(=O)c1ccc(-n2cncn2)cc1)Nc1cccc2ccccc12. The molecule has 0 fully saturated rings. The van der Waals surface area contributed by atoms with Gasteiger partial charge in [0.15, 0.2) is 6.61 Å². The fourth-order valence-corrected chi connectivity index (χ4v) is 2.83. The van der Waals surface area contributed by atoms with Crippen LogP contribution in [-0.4, -0.2) is 33.2 Å². The minimum Gasteiger partial charge on any atom is -0.452 e. The van der Waals surface area contributed by atoms with Crippen molar-refractivity contribution in [2.45, 2.75) is 0 Å². The van der Waals surface area contributed by atoms with Crippen molar-refractivity contribution in [1.82, 2.24) is 14.8 Å². The molecule has 4 aromatic rings. The van der Waals surface area contributed by atoms with Crippen molar-refractivity contribution < 1.29 is 14.3 Å². The molecule has 1 N–H and O–H groups in total. The monoisotopic (exact) mass is 372 g/mol. The summed E-state index contributed by atoms with van der Waals surface area (Å²) in [6, 6.07) is 20.0. The molecule has 138 valence electrons. The fraction of sp³-hybridized carbons (Fsp3) is 0.0476. The second kappa shape index (κ2) is 7.71. The van der Waals surface area contributed by atoms with Crippen LogP contribution in [0.1, 0.15) is 10.4 Å². The lowest BCUT2D eigenvalue weighted by atomic mass is 10.1. The molecule has 1 heterocycles. The summed E-state index contributed by atoms with van der Waals surface area (Å²) in [5.74, 6) is -0.970. The molecule has 0 radical (unpaired) electrons. The van der Waals surface area contributed by atoms with Gasteiger partial charge in [0.05, 0.1) is 11.3 Å². The van der Waals surface area contributed by atoms with Gasteiger partial charge in [-0.25, -0.2) is 14.5 Å². The maximum Gasteiger partial charge on any atom is 0.338 e. The molecule has 0 spiro atoms.